The Morgan fingerprint density at radius 3 is 2.04 bits per heavy atom. The molecule has 3 amide bonds. The lowest BCUT2D eigenvalue weighted by Gasteiger charge is -2.38. The molecule has 146 valence electrons. The summed E-state index contributed by atoms with van der Waals surface area (Å²) >= 11 is 0. The minimum atomic E-state index is -0.855. The number of nitrogens with one attached hydrogen (secondary N) is 1. The van der Waals surface area contributed by atoms with Gasteiger partial charge in [-0.15, -0.1) is 0 Å². The van der Waals surface area contributed by atoms with Gasteiger partial charge >= 0.3 is 12.0 Å². The van der Waals surface area contributed by atoms with Crippen molar-refractivity contribution in [1.29, 1.82) is 0 Å². The predicted molar refractivity (Wildman–Crippen MR) is 96.5 cm³/mol. The van der Waals surface area contributed by atoms with Gasteiger partial charge in [0, 0.05) is 32.1 Å². The van der Waals surface area contributed by atoms with Crippen LogP contribution in [0, 0.1) is 5.92 Å². The fourth-order valence-electron chi connectivity index (χ4n) is 4.51. The highest BCUT2D eigenvalue weighted by Crippen LogP contribution is 2.30. The Kier molecular flexibility index (Phi) is 6.04. The van der Waals surface area contributed by atoms with Gasteiger partial charge in [-0.3, -0.25) is 4.79 Å². The highest BCUT2D eigenvalue weighted by molar-refractivity contribution is 5.89. The summed E-state index contributed by atoms with van der Waals surface area (Å²) in [5, 5.41) is 3.02. The summed E-state index contributed by atoms with van der Waals surface area (Å²) in [4.78, 5) is 41.3. The molecule has 0 spiro atoms. The van der Waals surface area contributed by atoms with Gasteiger partial charge in [-0.05, 0) is 38.5 Å². The van der Waals surface area contributed by atoms with Crippen molar-refractivity contribution in [2.24, 2.45) is 5.92 Å². The van der Waals surface area contributed by atoms with E-state index in [4.69, 9.17) is 4.74 Å². The molecule has 3 aliphatic rings. The van der Waals surface area contributed by atoms with E-state index in [1.54, 1.807) is 0 Å². The van der Waals surface area contributed by atoms with Crippen LogP contribution in [0.25, 0.3) is 0 Å². The zero-order valence-corrected chi connectivity index (χ0v) is 15.8. The highest BCUT2D eigenvalue weighted by Gasteiger charge is 2.43. The number of methoxy groups -OCH3 is 1. The van der Waals surface area contributed by atoms with Crippen LogP contribution < -0.4 is 5.32 Å². The second-order valence-corrected chi connectivity index (χ2v) is 7.86. The molecule has 1 saturated carbocycles. The van der Waals surface area contributed by atoms with Gasteiger partial charge in [0.05, 0.1) is 7.11 Å². The van der Waals surface area contributed by atoms with Gasteiger partial charge in [-0.2, -0.15) is 0 Å². The molecular formula is C19H31N3O4. The molecule has 7 nitrogen and oxygen atoms in total. The fraction of sp³-hybridized carbons (Fsp3) is 0.842. The molecule has 0 aromatic rings. The van der Waals surface area contributed by atoms with Gasteiger partial charge < -0.3 is 19.9 Å². The Balaban J connectivity index is 1.54. The molecule has 7 heteroatoms. The van der Waals surface area contributed by atoms with E-state index in [0.717, 1.165) is 45.2 Å². The number of carbonyl (C=O) groups is 3. The van der Waals surface area contributed by atoms with Crippen LogP contribution in [0.15, 0.2) is 0 Å². The van der Waals surface area contributed by atoms with Gasteiger partial charge in [0.1, 0.15) is 5.54 Å². The van der Waals surface area contributed by atoms with Crippen LogP contribution >= 0.6 is 0 Å². The number of carbonyl (C=O) groups excluding carboxylic acids is 3. The van der Waals surface area contributed by atoms with Crippen molar-refractivity contribution in [3.05, 3.63) is 0 Å². The van der Waals surface area contributed by atoms with Crippen molar-refractivity contribution in [2.45, 2.75) is 63.3 Å². The molecule has 0 radical (unpaired) electrons. The summed E-state index contributed by atoms with van der Waals surface area (Å²) < 4.78 is 4.97. The average Bonchev–Trinajstić information content (AvgIpc) is 3.22. The number of hydrogen-bond acceptors (Lipinski definition) is 4. The summed E-state index contributed by atoms with van der Waals surface area (Å²) in [5.41, 5.74) is -0.855. The van der Waals surface area contributed by atoms with Gasteiger partial charge in [-0.25, -0.2) is 9.59 Å². The third-order valence-electron chi connectivity index (χ3n) is 6.16. The lowest BCUT2D eigenvalue weighted by Crippen LogP contribution is -2.58. The van der Waals surface area contributed by atoms with Crippen LogP contribution in [0.1, 0.15) is 57.8 Å². The predicted octanol–water partition coefficient (Wildman–Crippen LogP) is 1.91. The van der Waals surface area contributed by atoms with E-state index in [9.17, 15) is 14.4 Å². The summed E-state index contributed by atoms with van der Waals surface area (Å²) in [6, 6.07) is 0.111. The van der Waals surface area contributed by atoms with Crippen LogP contribution in [0.2, 0.25) is 0 Å². The molecule has 0 aromatic carbocycles. The Morgan fingerprint density at radius 1 is 0.885 bits per heavy atom. The first-order chi connectivity index (χ1) is 12.6. The molecule has 2 saturated heterocycles. The summed E-state index contributed by atoms with van der Waals surface area (Å²) in [5.74, 6) is -0.529. The standard InChI is InChI=1S/C19H31N3O4/c1-26-17(24)19(9-3-2-4-10-19)20-16(23)15-7-13-22(14-8-15)18(25)21-11-5-6-12-21/h15H,2-14H2,1H3,(H,20,23). The number of hydrogen-bond donors (Lipinski definition) is 1. The molecule has 0 atom stereocenters. The van der Waals surface area contributed by atoms with Gasteiger partial charge in [-0.1, -0.05) is 19.3 Å². The van der Waals surface area contributed by atoms with Crippen molar-refractivity contribution in [1.82, 2.24) is 15.1 Å². The van der Waals surface area contributed by atoms with Gasteiger partial charge in [0.2, 0.25) is 5.91 Å². The van der Waals surface area contributed by atoms with Gasteiger partial charge in [0.25, 0.3) is 0 Å². The van der Waals surface area contributed by atoms with Crippen LogP contribution in [0.5, 0.6) is 0 Å². The molecule has 2 heterocycles. The van der Waals surface area contributed by atoms with E-state index < -0.39 is 5.54 Å². The Labute approximate surface area is 155 Å². The molecule has 3 fully saturated rings. The van der Waals surface area contributed by atoms with Crippen molar-refractivity contribution >= 4 is 17.9 Å². The Morgan fingerprint density at radius 2 is 1.46 bits per heavy atom. The van der Waals surface area contributed by atoms with Crippen LogP contribution in [0.4, 0.5) is 4.79 Å². The molecule has 1 aliphatic carbocycles. The Bertz CT molecular complexity index is 531. The average molecular weight is 365 g/mol. The normalized spacial score (nSPS) is 23.6. The summed E-state index contributed by atoms with van der Waals surface area (Å²) in [6.45, 7) is 2.92. The number of piperidine rings is 1. The minimum Gasteiger partial charge on any atom is -0.467 e. The van der Waals surface area contributed by atoms with Crippen molar-refractivity contribution < 1.29 is 19.1 Å². The van der Waals surface area contributed by atoms with Crippen molar-refractivity contribution in [3.63, 3.8) is 0 Å². The maximum atomic E-state index is 12.8. The first-order valence-electron chi connectivity index (χ1n) is 10.00. The number of ether oxygens (including phenoxy) is 1. The molecule has 0 unspecified atom stereocenters. The van der Waals surface area contributed by atoms with Crippen molar-refractivity contribution in [2.75, 3.05) is 33.3 Å². The molecule has 3 rings (SSSR count). The molecule has 0 aromatic heterocycles. The smallest absolute Gasteiger partial charge is 0.331 e. The van der Waals surface area contributed by atoms with Crippen LogP contribution in [0.3, 0.4) is 0 Å². The van der Waals surface area contributed by atoms with E-state index in [2.05, 4.69) is 5.32 Å². The number of nitrogens with zero attached hydrogens (tertiary/aromatic N) is 2. The maximum Gasteiger partial charge on any atom is 0.331 e. The SMILES string of the molecule is COC(=O)C1(NC(=O)C2CCN(C(=O)N3CCCC3)CC2)CCCCC1. The molecule has 2 aliphatic heterocycles. The largest absolute Gasteiger partial charge is 0.467 e. The topological polar surface area (TPSA) is 79.0 Å². The summed E-state index contributed by atoms with van der Waals surface area (Å²) in [6.07, 6.45) is 7.73. The van der Waals surface area contributed by atoms with Gasteiger partial charge in [0.15, 0.2) is 0 Å². The monoisotopic (exact) mass is 365 g/mol. The third kappa shape index (κ3) is 3.96. The van der Waals surface area contributed by atoms with Crippen LogP contribution in [-0.4, -0.2) is 66.5 Å². The fourth-order valence-corrected chi connectivity index (χ4v) is 4.51. The van der Waals surface area contributed by atoms with E-state index in [1.807, 2.05) is 9.80 Å². The molecular weight excluding hydrogens is 334 g/mol. The lowest BCUT2D eigenvalue weighted by molar-refractivity contribution is -0.153. The first-order valence-corrected chi connectivity index (χ1v) is 10.00. The minimum absolute atomic E-state index is 0.0643. The molecule has 1 N–H and O–H groups in total. The summed E-state index contributed by atoms with van der Waals surface area (Å²) in [7, 11) is 1.38. The van der Waals surface area contributed by atoms with Crippen molar-refractivity contribution in [3.8, 4) is 0 Å². The van der Waals surface area contributed by atoms with E-state index in [1.165, 1.54) is 7.11 Å². The quantitative estimate of drug-likeness (QED) is 0.775. The van der Waals surface area contributed by atoms with Crippen LogP contribution in [-0.2, 0) is 14.3 Å². The first kappa shape index (κ1) is 19.0. The zero-order valence-electron chi connectivity index (χ0n) is 15.8. The second kappa shape index (κ2) is 8.27. The maximum absolute atomic E-state index is 12.8. The zero-order chi connectivity index (χ0) is 18.6. The number of urea groups is 1. The number of amides is 3. The van der Waals surface area contributed by atoms with E-state index in [-0.39, 0.29) is 23.8 Å². The third-order valence-corrected chi connectivity index (χ3v) is 6.16. The number of likely N-dealkylation sites (tertiary alicyclic amines) is 2. The number of rotatable bonds is 3. The second-order valence-electron chi connectivity index (χ2n) is 7.86. The Hall–Kier alpha value is -1.79. The van der Waals surface area contributed by atoms with E-state index >= 15 is 0 Å². The molecule has 0 bridgehead atoms. The number of esters is 1. The highest BCUT2D eigenvalue weighted by atomic mass is 16.5. The van der Waals surface area contributed by atoms with E-state index in [0.29, 0.717) is 38.8 Å². The lowest BCUT2D eigenvalue weighted by atomic mass is 9.81. The molecule has 26 heavy (non-hydrogen) atoms.